The first-order valence-electron chi connectivity index (χ1n) is 10.0. The fourth-order valence-corrected chi connectivity index (χ4v) is 4.08. The van der Waals surface area contributed by atoms with Gasteiger partial charge >= 0.3 is 0 Å². The van der Waals surface area contributed by atoms with Crippen molar-refractivity contribution in [3.05, 3.63) is 73.1 Å². The van der Waals surface area contributed by atoms with Crippen LogP contribution in [-0.4, -0.2) is 34.7 Å². The Hall–Kier alpha value is -4.26. The Bertz CT molecular complexity index is 1550. The molecule has 0 spiro atoms. The number of aromatic nitrogens is 7. The highest BCUT2D eigenvalue weighted by atomic mass is 15.2. The number of nitrogens with zero attached hydrogens (tertiary/aromatic N) is 5. The summed E-state index contributed by atoms with van der Waals surface area (Å²) >= 11 is 0. The maximum atomic E-state index is 4.59. The van der Waals surface area contributed by atoms with Crippen LogP contribution in [0.25, 0.3) is 55.7 Å². The van der Waals surface area contributed by atoms with Crippen LogP contribution in [0.2, 0.25) is 0 Å². The Morgan fingerprint density at radius 2 is 1.84 bits per heavy atom. The van der Waals surface area contributed by atoms with Gasteiger partial charge in [0, 0.05) is 53.1 Å². The highest BCUT2D eigenvalue weighted by molar-refractivity contribution is 6.01. The lowest BCUT2D eigenvalue weighted by Gasteiger charge is -2.04. The molecule has 0 bridgehead atoms. The van der Waals surface area contributed by atoms with E-state index in [0.29, 0.717) is 0 Å². The van der Waals surface area contributed by atoms with Gasteiger partial charge in [0.25, 0.3) is 0 Å². The second kappa shape index (κ2) is 6.63. The van der Waals surface area contributed by atoms with E-state index in [9.17, 15) is 0 Å². The molecule has 0 fully saturated rings. The third-order valence-corrected chi connectivity index (χ3v) is 5.82. The molecule has 0 saturated carbocycles. The third-order valence-electron chi connectivity index (χ3n) is 5.82. The van der Waals surface area contributed by atoms with Crippen LogP contribution >= 0.6 is 0 Å². The van der Waals surface area contributed by atoms with Crippen molar-refractivity contribution in [2.75, 3.05) is 0 Å². The Kier molecular flexibility index (Phi) is 3.76. The molecule has 150 valence electrons. The summed E-state index contributed by atoms with van der Waals surface area (Å²) in [6.07, 6.45) is 7.40. The van der Waals surface area contributed by atoms with Crippen LogP contribution in [0, 0.1) is 6.92 Å². The molecular weight excluding hydrogens is 386 g/mol. The lowest BCUT2D eigenvalue weighted by Crippen LogP contribution is -1.94. The highest BCUT2D eigenvalue weighted by Gasteiger charge is 2.16. The number of rotatable bonds is 3. The molecule has 0 radical (unpaired) electrons. The molecule has 0 atom stereocenters. The number of hydrogen-bond acceptors (Lipinski definition) is 4. The zero-order valence-corrected chi connectivity index (χ0v) is 17.1. The van der Waals surface area contributed by atoms with E-state index < -0.39 is 0 Å². The fraction of sp³-hybridized carbons (Fsp3) is 0.0833. The molecule has 0 aliphatic heterocycles. The maximum Gasteiger partial charge on any atom is 0.155 e. The van der Waals surface area contributed by atoms with E-state index in [0.717, 1.165) is 61.5 Å². The summed E-state index contributed by atoms with van der Waals surface area (Å²) in [5, 5.41) is 9.73. The number of pyridine rings is 2. The minimum Gasteiger partial charge on any atom is -0.353 e. The van der Waals surface area contributed by atoms with Crippen LogP contribution in [0.3, 0.4) is 0 Å². The second-order valence-corrected chi connectivity index (χ2v) is 7.63. The normalized spacial score (nSPS) is 11.5. The monoisotopic (exact) mass is 405 g/mol. The number of imidazole rings is 1. The minimum absolute atomic E-state index is 0.753. The summed E-state index contributed by atoms with van der Waals surface area (Å²) in [5.41, 5.74) is 7.84. The summed E-state index contributed by atoms with van der Waals surface area (Å²) in [6, 6.07) is 14.5. The number of H-pyrrole nitrogens is 2. The van der Waals surface area contributed by atoms with Gasteiger partial charge in [-0.05, 0) is 36.8 Å². The summed E-state index contributed by atoms with van der Waals surface area (Å²) in [4.78, 5) is 16.8. The standard InChI is InChI=1S/C24H19N7/c1-14-26-13-22(31(14)2)16-9-19-23(29-30-24(19)27-12-16)21-10-18-17(6-3-7-20(18)28-21)15-5-4-8-25-11-15/h3-13,28H,1-2H3,(H,27,29,30). The van der Waals surface area contributed by atoms with Gasteiger partial charge in [0.15, 0.2) is 5.65 Å². The van der Waals surface area contributed by atoms with Crippen LogP contribution in [0.1, 0.15) is 5.82 Å². The van der Waals surface area contributed by atoms with E-state index >= 15 is 0 Å². The molecule has 0 unspecified atom stereocenters. The van der Waals surface area contributed by atoms with E-state index in [1.165, 1.54) is 0 Å². The van der Waals surface area contributed by atoms with Gasteiger partial charge in [0.05, 0.1) is 17.6 Å². The summed E-state index contributed by atoms with van der Waals surface area (Å²) in [7, 11) is 2.01. The van der Waals surface area contributed by atoms with Crippen LogP contribution in [0.15, 0.2) is 67.3 Å². The van der Waals surface area contributed by atoms with Crippen molar-refractivity contribution in [2.24, 2.45) is 7.05 Å². The Balaban J connectivity index is 1.52. The van der Waals surface area contributed by atoms with Gasteiger partial charge in [-0.1, -0.05) is 18.2 Å². The molecule has 5 heterocycles. The Morgan fingerprint density at radius 1 is 0.903 bits per heavy atom. The summed E-state index contributed by atoms with van der Waals surface area (Å²) < 4.78 is 2.06. The SMILES string of the molecule is Cc1ncc(-c2cnc3[nH]nc(-c4cc5c(-c6cccnc6)cccc5[nH]4)c3c2)n1C. The van der Waals surface area contributed by atoms with E-state index in [-0.39, 0.29) is 0 Å². The predicted molar refractivity (Wildman–Crippen MR) is 121 cm³/mol. The number of benzene rings is 1. The van der Waals surface area contributed by atoms with Crippen molar-refractivity contribution in [3.63, 3.8) is 0 Å². The Morgan fingerprint density at radius 3 is 2.65 bits per heavy atom. The lowest BCUT2D eigenvalue weighted by atomic mass is 10.0. The Labute approximate surface area is 177 Å². The van der Waals surface area contributed by atoms with Gasteiger partial charge in [0.1, 0.15) is 11.5 Å². The summed E-state index contributed by atoms with van der Waals surface area (Å²) in [6.45, 7) is 1.99. The van der Waals surface area contributed by atoms with Crippen molar-refractivity contribution in [2.45, 2.75) is 6.92 Å². The van der Waals surface area contributed by atoms with Gasteiger partial charge in [-0.15, -0.1) is 0 Å². The van der Waals surface area contributed by atoms with Gasteiger partial charge in [-0.25, -0.2) is 9.97 Å². The molecule has 0 aliphatic rings. The van der Waals surface area contributed by atoms with Gasteiger partial charge in [-0.3, -0.25) is 10.1 Å². The molecule has 5 aromatic heterocycles. The smallest absolute Gasteiger partial charge is 0.155 e. The summed E-state index contributed by atoms with van der Waals surface area (Å²) in [5.74, 6) is 0.959. The van der Waals surface area contributed by atoms with E-state index in [2.05, 4.69) is 71.1 Å². The molecule has 31 heavy (non-hydrogen) atoms. The van der Waals surface area contributed by atoms with Crippen molar-refractivity contribution in [3.8, 4) is 33.8 Å². The quantitative estimate of drug-likeness (QED) is 0.439. The van der Waals surface area contributed by atoms with E-state index in [4.69, 9.17) is 0 Å². The first-order chi connectivity index (χ1) is 15.2. The molecule has 2 N–H and O–H groups in total. The van der Waals surface area contributed by atoms with E-state index in [1.807, 2.05) is 38.6 Å². The average Bonchev–Trinajstić information content (AvgIpc) is 3.50. The first-order valence-corrected chi connectivity index (χ1v) is 10.0. The zero-order valence-electron chi connectivity index (χ0n) is 17.1. The number of nitrogens with one attached hydrogen (secondary N) is 2. The van der Waals surface area contributed by atoms with Crippen LogP contribution in [0.5, 0.6) is 0 Å². The molecule has 6 rings (SSSR count). The molecule has 7 heteroatoms. The van der Waals surface area contributed by atoms with Crippen LogP contribution < -0.4 is 0 Å². The van der Waals surface area contributed by atoms with Gasteiger partial charge < -0.3 is 9.55 Å². The molecular formula is C24H19N7. The van der Waals surface area contributed by atoms with E-state index in [1.54, 1.807) is 6.20 Å². The lowest BCUT2D eigenvalue weighted by molar-refractivity contribution is 0.865. The average molecular weight is 405 g/mol. The maximum absolute atomic E-state index is 4.59. The molecule has 1 aromatic carbocycles. The molecule has 7 nitrogen and oxygen atoms in total. The number of aryl methyl sites for hydroxylation is 1. The van der Waals surface area contributed by atoms with Crippen molar-refractivity contribution < 1.29 is 0 Å². The van der Waals surface area contributed by atoms with Gasteiger partial charge in [-0.2, -0.15) is 5.10 Å². The number of fused-ring (bicyclic) bond motifs is 2. The minimum atomic E-state index is 0.753. The van der Waals surface area contributed by atoms with Crippen LogP contribution in [-0.2, 0) is 7.05 Å². The second-order valence-electron chi connectivity index (χ2n) is 7.63. The molecule has 0 amide bonds. The molecule has 0 saturated heterocycles. The first kappa shape index (κ1) is 17.6. The predicted octanol–water partition coefficient (Wildman–Crippen LogP) is 4.88. The molecule has 0 aliphatic carbocycles. The topological polar surface area (TPSA) is 88.1 Å². The van der Waals surface area contributed by atoms with Gasteiger partial charge in [0.2, 0.25) is 0 Å². The van der Waals surface area contributed by atoms with Crippen molar-refractivity contribution >= 4 is 21.9 Å². The highest BCUT2D eigenvalue weighted by Crippen LogP contribution is 2.34. The number of aromatic amines is 2. The van der Waals surface area contributed by atoms with Crippen LogP contribution in [0.4, 0.5) is 0 Å². The third kappa shape index (κ3) is 2.74. The largest absolute Gasteiger partial charge is 0.353 e. The van der Waals surface area contributed by atoms with Crippen molar-refractivity contribution in [1.82, 2.24) is 34.7 Å². The fourth-order valence-electron chi connectivity index (χ4n) is 4.08. The zero-order chi connectivity index (χ0) is 20.9. The van der Waals surface area contributed by atoms with Crippen molar-refractivity contribution in [1.29, 1.82) is 0 Å². The molecule has 6 aromatic rings. The number of hydrogen-bond donors (Lipinski definition) is 2.